The second-order valence-corrected chi connectivity index (χ2v) is 7.07. The molecule has 0 aliphatic carbocycles. The zero-order valence-electron chi connectivity index (χ0n) is 15.7. The molecule has 1 unspecified atom stereocenters. The fraction of sp³-hybridized carbons (Fsp3) is 0.250. The van der Waals surface area contributed by atoms with Crippen LogP contribution in [0.4, 0.5) is 4.39 Å². The van der Waals surface area contributed by atoms with Crippen LogP contribution in [0.15, 0.2) is 78.9 Å². The first-order valence-electron chi connectivity index (χ1n) is 9.33. The molecule has 3 heteroatoms. The largest absolute Gasteiger partial charge is 0.391 e. The highest BCUT2D eigenvalue weighted by Crippen LogP contribution is 2.15. The van der Waals surface area contributed by atoms with E-state index in [1.165, 1.54) is 23.3 Å². The van der Waals surface area contributed by atoms with Gasteiger partial charge >= 0.3 is 0 Å². The standard InChI is InChI=1S/C24H26FNO/c1-19-7-5-6-10-22(19)17-26(16-21-11-13-23(25)14-12-21)18-24(27)15-20-8-3-2-4-9-20/h2-14,24,27H,15-18H2,1H3. The van der Waals surface area contributed by atoms with E-state index in [0.717, 1.165) is 17.7 Å². The Morgan fingerprint density at radius 3 is 2.19 bits per heavy atom. The van der Waals surface area contributed by atoms with Crippen LogP contribution in [0, 0.1) is 12.7 Å². The van der Waals surface area contributed by atoms with Crippen LogP contribution in [-0.2, 0) is 19.5 Å². The van der Waals surface area contributed by atoms with Gasteiger partial charge in [0.1, 0.15) is 5.82 Å². The number of aryl methyl sites for hydroxylation is 1. The highest BCUT2D eigenvalue weighted by atomic mass is 19.1. The van der Waals surface area contributed by atoms with Crippen LogP contribution in [-0.4, -0.2) is 22.7 Å². The summed E-state index contributed by atoms with van der Waals surface area (Å²) in [6.45, 7) is 4.07. The van der Waals surface area contributed by atoms with Gasteiger partial charge in [-0.3, -0.25) is 4.90 Å². The van der Waals surface area contributed by atoms with Crippen molar-refractivity contribution in [2.75, 3.05) is 6.54 Å². The van der Waals surface area contributed by atoms with Crippen LogP contribution in [0.2, 0.25) is 0 Å². The maximum Gasteiger partial charge on any atom is 0.123 e. The van der Waals surface area contributed by atoms with Gasteiger partial charge < -0.3 is 5.11 Å². The van der Waals surface area contributed by atoms with Gasteiger partial charge in [-0.1, -0.05) is 66.7 Å². The molecule has 0 heterocycles. The number of nitrogens with zero attached hydrogens (tertiary/aromatic N) is 1. The van der Waals surface area contributed by atoms with Crippen molar-refractivity contribution in [1.29, 1.82) is 0 Å². The molecule has 0 aliphatic rings. The highest BCUT2D eigenvalue weighted by molar-refractivity contribution is 5.26. The molecule has 0 aromatic heterocycles. The summed E-state index contributed by atoms with van der Waals surface area (Å²) in [4.78, 5) is 2.23. The van der Waals surface area contributed by atoms with E-state index in [9.17, 15) is 9.50 Å². The third-order valence-electron chi connectivity index (χ3n) is 4.76. The molecule has 3 aromatic carbocycles. The smallest absolute Gasteiger partial charge is 0.123 e. The van der Waals surface area contributed by atoms with E-state index < -0.39 is 6.10 Å². The minimum atomic E-state index is -0.461. The van der Waals surface area contributed by atoms with Crippen LogP contribution < -0.4 is 0 Å². The van der Waals surface area contributed by atoms with Gasteiger partial charge in [-0.05, 0) is 47.7 Å². The summed E-state index contributed by atoms with van der Waals surface area (Å²) in [6, 6.07) is 24.9. The van der Waals surface area contributed by atoms with Crippen molar-refractivity contribution in [3.63, 3.8) is 0 Å². The van der Waals surface area contributed by atoms with Crippen molar-refractivity contribution < 1.29 is 9.50 Å². The minimum absolute atomic E-state index is 0.228. The second kappa shape index (κ2) is 9.45. The Bertz CT molecular complexity index is 833. The molecule has 1 N–H and O–H groups in total. The van der Waals surface area contributed by atoms with E-state index in [0.29, 0.717) is 19.5 Å². The molecule has 0 saturated heterocycles. The van der Waals surface area contributed by atoms with Gasteiger partial charge in [0.05, 0.1) is 6.10 Å². The van der Waals surface area contributed by atoms with Crippen LogP contribution in [0.5, 0.6) is 0 Å². The van der Waals surface area contributed by atoms with Gasteiger partial charge in [0.15, 0.2) is 0 Å². The van der Waals surface area contributed by atoms with Gasteiger partial charge in [-0.25, -0.2) is 4.39 Å². The zero-order valence-corrected chi connectivity index (χ0v) is 15.7. The van der Waals surface area contributed by atoms with E-state index in [1.807, 2.05) is 54.6 Å². The number of halogens is 1. The maximum absolute atomic E-state index is 13.2. The first kappa shape index (κ1) is 19.3. The Morgan fingerprint density at radius 1 is 0.815 bits per heavy atom. The monoisotopic (exact) mass is 363 g/mol. The molecule has 27 heavy (non-hydrogen) atoms. The number of rotatable bonds is 8. The van der Waals surface area contributed by atoms with Crippen LogP contribution in [0.3, 0.4) is 0 Å². The Morgan fingerprint density at radius 2 is 1.48 bits per heavy atom. The van der Waals surface area contributed by atoms with Gasteiger partial charge in [0.25, 0.3) is 0 Å². The van der Waals surface area contributed by atoms with Crippen LogP contribution in [0.1, 0.15) is 22.3 Å². The lowest BCUT2D eigenvalue weighted by molar-refractivity contribution is 0.104. The fourth-order valence-electron chi connectivity index (χ4n) is 3.31. The Kier molecular flexibility index (Phi) is 6.74. The fourth-order valence-corrected chi connectivity index (χ4v) is 3.31. The highest BCUT2D eigenvalue weighted by Gasteiger charge is 2.14. The average molecular weight is 363 g/mol. The summed E-state index contributed by atoms with van der Waals surface area (Å²) in [5.41, 5.74) is 4.64. The molecular weight excluding hydrogens is 337 g/mol. The lowest BCUT2D eigenvalue weighted by atomic mass is 10.1. The number of benzene rings is 3. The minimum Gasteiger partial charge on any atom is -0.391 e. The molecular formula is C24H26FNO. The first-order valence-corrected chi connectivity index (χ1v) is 9.33. The van der Waals surface area contributed by atoms with E-state index in [-0.39, 0.29) is 5.82 Å². The molecule has 0 bridgehead atoms. The Balaban J connectivity index is 1.72. The molecule has 0 aliphatic heterocycles. The molecule has 0 radical (unpaired) electrons. The predicted molar refractivity (Wildman–Crippen MR) is 108 cm³/mol. The molecule has 2 nitrogen and oxygen atoms in total. The average Bonchev–Trinajstić information content (AvgIpc) is 2.66. The van der Waals surface area contributed by atoms with Crippen LogP contribution in [0.25, 0.3) is 0 Å². The van der Waals surface area contributed by atoms with Crippen LogP contribution >= 0.6 is 0 Å². The summed E-state index contributed by atoms with van der Waals surface area (Å²) >= 11 is 0. The quantitative estimate of drug-likeness (QED) is 0.625. The zero-order chi connectivity index (χ0) is 19.1. The topological polar surface area (TPSA) is 23.5 Å². The Hall–Kier alpha value is -2.49. The molecule has 0 saturated carbocycles. The lowest BCUT2D eigenvalue weighted by Crippen LogP contribution is -2.33. The molecule has 3 rings (SSSR count). The Labute approximate surface area is 160 Å². The van der Waals surface area contributed by atoms with Crippen molar-refractivity contribution >= 4 is 0 Å². The summed E-state index contributed by atoms with van der Waals surface area (Å²) in [5, 5.41) is 10.6. The van der Waals surface area contributed by atoms with Gasteiger partial charge in [0, 0.05) is 19.6 Å². The number of aliphatic hydroxyl groups is 1. The molecule has 140 valence electrons. The SMILES string of the molecule is Cc1ccccc1CN(Cc1ccc(F)cc1)CC(O)Cc1ccccc1. The third-order valence-corrected chi connectivity index (χ3v) is 4.76. The van der Waals surface area contributed by atoms with E-state index in [2.05, 4.69) is 24.0 Å². The molecule has 3 aromatic rings. The lowest BCUT2D eigenvalue weighted by Gasteiger charge is -2.26. The molecule has 1 atom stereocenters. The van der Waals surface area contributed by atoms with Crippen molar-refractivity contribution in [2.24, 2.45) is 0 Å². The van der Waals surface area contributed by atoms with Gasteiger partial charge in [-0.2, -0.15) is 0 Å². The van der Waals surface area contributed by atoms with Crippen molar-refractivity contribution in [2.45, 2.75) is 32.5 Å². The van der Waals surface area contributed by atoms with Crippen molar-refractivity contribution in [3.05, 3.63) is 107 Å². The van der Waals surface area contributed by atoms with Crippen molar-refractivity contribution in [1.82, 2.24) is 4.90 Å². The van der Waals surface area contributed by atoms with Gasteiger partial charge in [0.2, 0.25) is 0 Å². The number of hydrogen-bond acceptors (Lipinski definition) is 2. The number of aliphatic hydroxyl groups excluding tert-OH is 1. The number of hydrogen-bond donors (Lipinski definition) is 1. The molecule has 0 spiro atoms. The molecule has 0 fully saturated rings. The second-order valence-electron chi connectivity index (χ2n) is 7.07. The normalized spacial score (nSPS) is 12.3. The molecule has 0 amide bonds. The van der Waals surface area contributed by atoms with Gasteiger partial charge in [-0.15, -0.1) is 0 Å². The summed E-state index contributed by atoms with van der Waals surface area (Å²) in [6.07, 6.45) is 0.158. The van der Waals surface area contributed by atoms with Crippen molar-refractivity contribution in [3.8, 4) is 0 Å². The predicted octanol–water partition coefficient (Wildman–Crippen LogP) is 4.74. The first-order chi connectivity index (χ1) is 13.1. The summed E-state index contributed by atoms with van der Waals surface area (Å²) in [5.74, 6) is -0.228. The van der Waals surface area contributed by atoms with E-state index >= 15 is 0 Å². The third kappa shape index (κ3) is 6.02. The summed E-state index contributed by atoms with van der Waals surface area (Å²) < 4.78 is 13.2. The van der Waals surface area contributed by atoms with E-state index in [1.54, 1.807) is 0 Å². The maximum atomic E-state index is 13.2. The van der Waals surface area contributed by atoms with E-state index in [4.69, 9.17) is 0 Å². The summed E-state index contributed by atoms with van der Waals surface area (Å²) in [7, 11) is 0.